The SMILES string of the molecule is CC(=O)c1cccc(Nc2cc(NCc3ccco3)nc(C)n2)c1. The highest BCUT2D eigenvalue weighted by Crippen LogP contribution is 2.19. The molecule has 0 saturated carbocycles. The lowest BCUT2D eigenvalue weighted by Gasteiger charge is -2.10. The van der Waals surface area contributed by atoms with Gasteiger partial charge in [-0.25, -0.2) is 9.97 Å². The topological polar surface area (TPSA) is 80.0 Å². The number of hydrogen-bond acceptors (Lipinski definition) is 6. The molecule has 0 aliphatic carbocycles. The predicted octanol–water partition coefficient (Wildman–Crippen LogP) is 3.94. The molecule has 3 aromatic rings. The molecule has 0 saturated heterocycles. The van der Waals surface area contributed by atoms with Gasteiger partial charge >= 0.3 is 0 Å². The Hall–Kier alpha value is -3.15. The zero-order chi connectivity index (χ0) is 16.9. The molecule has 0 bridgehead atoms. The van der Waals surface area contributed by atoms with Crippen LogP contribution >= 0.6 is 0 Å². The van der Waals surface area contributed by atoms with Crippen LogP contribution in [0, 0.1) is 6.92 Å². The maximum absolute atomic E-state index is 11.5. The summed E-state index contributed by atoms with van der Waals surface area (Å²) in [4.78, 5) is 20.2. The lowest BCUT2D eigenvalue weighted by molar-refractivity contribution is 0.101. The summed E-state index contributed by atoms with van der Waals surface area (Å²) in [5.41, 5.74) is 1.46. The van der Waals surface area contributed by atoms with Gasteiger partial charge < -0.3 is 15.1 Å². The number of nitrogens with zero attached hydrogens (tertiary/aromatic N) is 2. The van der Waals surface area contributed by atoms with Gasteiger partial charge in [0.2, 0.25) is 0 Å². The van der Waals surface area contributed by atoms with Crippen molar-refractivity contribution < 1.29 is 9.21 Å². The minimum Gasteiger partial charge on any atom is -0.467 e. The normalized spacial score (nSPS) is 10.4. The van der Waals surface area contributed by atoms with Crippen molar-refractivity contribution in [2.75, 3.05) is 10.6 Å². The number of anilines is 3. The zero-order valence-electron chi connectivity index (χ0n) is 13.5. The third-order valence-electron chi connectivity index (χ3n) is 3.40. The molecule has 2 heterocycles. The van der Waals surface area contributed by atoms with Crippen molar-refractivity contribution in [1.82, 2.24) is 9.97 Å². The quantitative estimate of drug-likeness (QED) is 0.669. The average molecular weight is 322 g/mol. The molecule has 0 unspecified atom stereocenters. The first-order valence-corrected chi connectivity index (χ1v) is 7.60. The minimum atomic E-state index is 0.0262. The van der Waals surface area contributed by atoms with Crippen LogP contribution in [-0.4, -0.2) is 15.8 Å². The second kappa shape index (κ2) is 6.95. The van der Waals surface area contributed by atoms with E-state index in [4.69, 9.17) is 4.42 Å². The molecule has 6 heteroatoms. The van der Waals surface area contributed by atoms with Crippen molar-refractivity contribution in [2.24, 2.45) is 0 Å². The summed E-state index contributed by atoms with van der Waals surface area (Å²) in [6.07, 6.45) is 1.64. The summed E-state index contributed by atoms with van der Waals surface area (Å²) in [5.74, 6) is 2.85. The van der Waals surface area contributed by atoms with Gasteiger partial charge in [-0.15, -0.1) is 0 Å². The van der Waals surface area contributed by atoms with Crippen LogP contribution in [0.1, 0.15) is 28.9 Å². The van der Waals surface area contributed by atoms with Gasteiger partial charge in [-0.05, 0) is 38.1 Å². The number of carbonyl (C=O) groups is 1. The van der Waals surface area contributed by atoms with E-state index >= 15 is 0 Å². The number of rotatable bonds is 6. The van der Waals surface area contributed by atoms with Crippen LogP contribution in [0.4, 0.5) is 17.3 Å². The van der Waals surface area contributed by atoms with E-state index in [-0.39, 0.29) is 5.78 Å². The van der Waals surface area contributed by atoms with Crippen LogP contribution < -0.4 is 10.6 Å². The molecule has 6 nitrogen and oxygen atoms in total. The molecular formula is C18H18N4O2. The molecule has 0 radical (unpaired) electrons. The molecule has 3 rings (SSSR count). The third-order valence-corrected chi connectivity index (χ3v) is 3.40. The number of hydrogen-bond donors (Lipinski definition) is 2. The summed E-state index contributed by atoms with van der Waals surface area (Å²) in [5, 5.41) is 6.41. The van der Waals surface area contributed by atoms with Crippen LogP contribution in [-0.2, 0) is 6.54 Å². The molecule has 0 spiro atoms. The molecule has 0 aliphatic rings. The first-order valence-electron chi connectivity index (χ1n) is 7.60. The summed E-state index contributed by atoms with van der Waals surface area (Å²) < 4.78 is 5.29. The average Bonchev–Trinajstić information content (AvgIpc) is 3.06. The Labute approximate surface area is 140 Å². The van der Waals surface area contributed by atoms with Crippen LogP contribution in [0.5, 0.6) is 0 Å². The Balaban J connectivity index is 1.76. The number of ketones is 1. The number of benzene rings is 1. The number of carbonyl (C=O) groups excluding carboxylic acids is 1. The van der Waals surface area contributed by atoms with E-state index < -0.39 is 0 Å². The van der Waals surface area contributed by atoms with E-state index in [0.717, 1.165) is 11.4 Å². The summed E-state index contributed by atoms with van der Waals surface area (Å²) in [6.45, 7) is 3.92. The van der Waals surface area contributed by atoms with Crippen molar-refractivity contribution >= 4 is 23.1 Å². The van der Waals surface area contributed by atoms with Crippen molar-refractivity contribution in [3.63, 3.8) is 0 Å². The standard InChI is InChI=1S/C18H18N4O2/c1-12(23)14-5-3-6-15(9-14)22-18-10-17(20-13(2)21-18)19-11-16-7-4-8-24-16/h3-10H,11H2,1-2H3,(H2,19,20,21,22). The third kappa shape index (κ3) is 3.98. The number of aryl methyl sites for hydroxylation is 1. The van der Waals surface area contributed by atoms with Crippen molar-refractivity contribution in [3.05, 3.63) is 65.9 Å². The molecule has 2 N–H and O–H groups in total. The van der Waals surface area contributed by atoms with Gasteiger partial charge in [-0.3, -0.25) is 4.79 Å². The fraction of sp³-hybridized carbons (Fsp3) is 0.167. The second-order valence-corrected chi connectivity index (χ2v) is 5.38. The van der Waals surface area contributed by atoms with E-state index in [1.54, 1.807) is 25.3 Å². The maximum atomic E-state index is 11.5. The van der Waals surface area contributed by atoms with E-state index in [1.807, 2.05) is 37.3 Å². The highest BCUT2D eigenvalue weighted by molar-refractivity contribution is 5.95. The lowest BCUT2D eigenvalue weighted by Crippen LogP contribution is -2.05. The predicted molar refractivity (Wildman–Crippen MR) is 92.5 cm³/mol. The minimum absolute atomic E-state index is 0.0262. The van der Waals surface area contributed by atoms with E-state index in [2.05, 4.69) is 20.6 Å². The van der Waals surface area contributed by atoms with Crippen molar-refractivity contribution in [2.45, 2.75) is 20.4 Å². The lowest BCUT2D eigenvalue weighted by atomic mass is 10.1. The van der Waals surface area contributed by atoms with Gasteiger partial charge in [0.15, 0.2) is 5.78 Å². The van der Waals surface area contributed by atoms with Gasteiger partial charge in [0.25, 0.3) is 0 Å². The molecular weight excluding hydrogens is 304 g/mol. The van der Waals surface area contributed by atoms with E-state index in [9.17, 15) is 4.79 Å². The van der Waals surface area contributed by atoms with Gasteiger partial charge in [-0.2, -0.15) is 0 Å². The van der Waals surface area contributed by atoms with Gasteiger partial charge in [0.05, 0.1) is 12.8 Å². The Kier molecular flexibility index (Phi) is 4.56. The molecule has 0 atom stereocenters. The number of aromatic nitrogens is 2. The van der Waals surface area contributed by atoms with Crippen LogP contribution in [0.2, 0.25) is 0 Å². The molecule has 1 aromatic carbocycles. The Morgan fingerprint density at radius 3 is 2.71 bits per heavy atom. The fourth-order valence-electron chi connectivity index (χ4n) is 2.28. The largest absolute Gasteiger partial charge is 0.467 e. The number of Topliss-reactive ketones (excluding diaryl/α,β-unsaturated/α-hetero) is 1. The first kappa shape index (κ1) is 15.7. The highest BCUT2D eigenvalue weighted by atomic mass is 16.3. The zero-order valence-corrected chi connectivity index (χ0v) is 13.5. The molecule has 24 heavy (non-hydrogen) atoms. The Morgan fingerprint density at radius 2 is 1.96 bits per heavy atom. The number of nitrogens with one attached hydrogen (secondary N) is 2. The molecule has 2 aromatic heterocycles. The summed E-state index contributed by atoms with van der Waals surface area (Å²) in [6, 6.07) is 12.9. The molecule has 122 valence electrons. The van der Waals surface area contributed by atoms with E-state index in [1.165, 1.54) is 0 Å². The molecule has 0 amide bonds. The van der Waals surface area contributed by atoms with Crippen LogP contribution in [0.15, 0.2) is 53.1 Å². The monoisotopic (exact) mass is 322 g/mol. The summed E-state index contributed by atoms with van der Waals surface area (Å²) in [7, 11) is 0. The molecule has 0 fully saturated rings. The first-order chi connectivity index (χ1) is 11.6. The van der Waals surface area contributed by atoms with Gasteiger partial charge in [-0.1, -0.05) is 12.1 Å². The smallest absolute Gasteiger partial charge is 0.159 e. The Bertz CT molecular complexity index is 844. The number of furan rings is 1. The Morgan fingerprint density at radius 1 is 1.12 bits per heavy atom. The second-order valence-electron chi connectivity index (χ2n) is 5.38. The van der Waals surface area contributed by atoms with Crippen molar-refractivity contribution in [3.8, 4) is 0 Å². The van der Waals surface area contributed by atoms with Crippen LogP contribution in [0.25, 0.3) is 0 Å². The van der Waals surface area contributed by atoms with E-state index in [0.29, 0.717) is 29.6 Å². The summed E-state index contributed by atoms with van der Waals surface area (Å²) >= 11 is 0. The highest BCUT2D eigenvalue weighted by Gasteiger charge is 2.05. The maximum Gasteiger partial charge on any atom is 0.159 e. The van der Waals surface area contributed by atoms with Crippen LogP contribution in [0.3, 0.4) is 0 Å². The fourth-order valence-corrected chi connectivity index (χ4v) is 2.28. The van der Waals surface area contributed by atoms with Gasteiger partial charge in [0.1, 0.15) is 23.2 Å². The molecule has 0 aliphatic heterocycles. The van der Waals surface area contributed by atoms with Gasteiger partial charge in [0, 0.05) is 17.3 Å². The van der Waals surface area contributed by atoms with Crippen molar-refractivity contribution in [1.29, 1.82) is 0 Å².